The predicted molar refractivity (Wildman–Crippen MR) is 43.8 cm³/mol. The number of rotatable bonds is 0. The molecule has 0 aliphatic heterocycles. The van der Waals surface area contributed by atoms with Gasteiger partial charge >= 0.3 is 0 Å². The zero-order chi connectivity index (χ0) is 7.35. The van der Waals surface area contributed by atoms with Gasteiger partial charge in [0.25, 0.3) is 0 Å². The Morgan fingerprint density at radius 1 is 1.20 bits per heavy atom. The van der Waals surface area contributed by atoms with E-state index in [-0.39, 0.29) is 0 Å². The average Bonchev–Trinajstić information content (AvgIpc) is 1.87. The van der Waals surface area contributed by atoms with Crippen LogP contribution in [-0.4, -0.2) is 0 Å². The average molecular weight is 138 g/mol. The molecule has 0 heteroatoms. The molecule has 0 amide bonds. The molecule has 3 fully saturated rings. The van der Waals surface area contributed by atoms with Crippen molar-refractivity contribution in [3.63, 3.8) is 0 Å². The Labute approximate surface area is 64.0 Å². The maximum atomic E-state index is 2.46. The molecule has 10 heavy (non-hydrogen) atoms. The molecule has 3 rings (SSSR count). The van der Waals surface area contributed by atoms with Crippen molar-refractivity contribution in [3.8, 4) is 0 Å². The Kier molecular flexibility index (Phi) is 1.19. The summed E-state index contributed by atoms with van der Waals surface area (Å²) in [6, 6.07) is 0. The van der Waals surface area contributed by atoms with Crippen molar-refractivity contribution < 1.29 is 0 Å². The fraction of sp³-hybridized carbons (Fsp3) is 1.00. The summed E-state index contributed by atoms with van der Waals surface area (Å²) < 4.78 is 0. The lowest BCUT2D eigenvalue weighted by atomic mass is 9.46. The van der Waals surface area contributed by atoms with Gasteiger partial charge in [0.15, 0.2) is 0 Å². The summed E-state index contributed by atoms with van der Waals surface area (Å²) in [5.74, 6) is 3.15. The molecule has 3 saturated carbocycles. The molecule has 3 atom stereocenters. The highest BCUT2D eigenvalue weighted by atomic mass is 14.6. The highest BCUT2D eigenvalue weighted by Gasteiger charge is 2.52. The molecule has 58 valence electrons. The summed E-state index contributed by atoms with van der Waals surface area (Å²) in [7, 11) is 0. The summed E-state index contributed by atoms with van der Waals surface area (Å²) in [4.78, 5) is 0. The van der Waals surface area contributed by atoms with Crippen LogP contribution in [0.3, 0.4) is 0 Å². The highest BCUT2D eigenvalue weighted by Crippen LogP contribution is 2.61. The van der Waals surface area contributed by atoms with Crippen LogP contribution in [0, 0.1) is 23.2 Å². The van der Waals surface area contributed by atoms with E-state index in [2.05, 4.69) is 20.8 Å². The molecule has 0 radical (unpaired) electrons. The molecule has 0 N–H and O–H groups in total. The van der Waals surface area contributed by atoms with Crippen LogP contribution in [-0.2, 0) is 0 Å². The number of hydrogen-bond donors (Lipinski definition) is 0. The van der Waals surface area contributed by atoms with E-state index in [4.69, 9.17) is 0 Å². The van der Waals surface area contributed by atoms with Gasteiger partial charge in [-0.15, -0.1) is 0 Å². The van der Waals surface area contributed by atoms with Crippen LogP contribution >= 0.6 is 0 Å². The van der Waals surface area contributed by atoms with Crippen LogP contribution < -0.4 is 0 Å². The topological polar surface area (TPSA) is 0 Å². The molecule has 0 nitrogen and oxygen atoms in total. The molecule has 0 aromatic carbocycles. The van der Waals surface area contributed by atoms with E-state index in [0.717, 1.165) is 17.8 Å². The van der Waals surface area contributed by atoms with E-state index in [1.54, 1.807) is 0 Å². The van der Waals surface area contributed by atoms with Crippen LogP contribution in [0.2, 0.25) is 0 Å². The van der Waals surface area contributed by atoms with Crippen molar-refractivity contribution in [1.29, 1.82) is 0 Å². The second-order valence-electron chi connectivity index (χ2n) is 4.92. The fourth-order valence-corrected chi connectivity index (χ4v) is 3.18. The van der Waals surface area contributed by atoms with Crippen LogP contribution in [0.4, 0.5) is 0 Å². The first kappa shape index (κ1) is 6.69. The molecule has 0 aromatic rings. The standard InChI is InChI=1S/C10H18/c1-7-4-5-8-6-9(7)10(8,2)3/h7-9H,4-6H2,1-3H3/t7-,8?,9?/m0/s1. The summed E-state index contributed by atoms with van der Waals surface area (Å²) in [5, 5.41) is 0. The first-order valence-corrected chi connectivity index (χ1v) is 4.62. The fourth-order valence-electron chi connectivity index (χ4n) is 3.18. The van der Waals surface area contributed by atoms with Gasteiger partial charge in [-0.2, -0.15) is 0 Å². The van der Waals surface area contributed by atoms with Gasteiger partial charge in [-0.3, -0.25) is 0 Å². The smallest absolute Gasteiger partial charge is 0.0295 e. The van der Waals surface area contributed by atoms with E-state index in [0.29, 0.717) is 5.41 Å². The Morgan fingerprint density at radius 3 is 2.20 bits per heavy atom. The third-order valence-corrected chi connectivity index (χ3v) is 4.20. The van der Waals surface area contributed by atoms with Gasteiger partial charge in [0, 0.05) is 0 Å². The maximum Gasteiger partial charge on any atom is -0.0295 e. The van der Waals surface area contributed by atoms with Gasteiger partial charge in [-0.1, -0.05) is 27.2 Å². The third kappa shape index (κ3) is 0.627. The molecule has 2 unspecified atom stereocenters. The molecule has 3 aliphatic carbocycles. The zero-order valence-corrected chi connectivity index (χ0v) is 7.35. The molecule has 0 heterocycles. The Morgan fingerprint density at radius 2 is 1.90 bits per heavy atom. The first-order valence-electron chi connectivity index (χ1n) is 4.62. The van der Waals surface area contributed by atoms with Crippen molar-refractivity contribution in [2.45, 2.75) is 40.0 Å². The maximum absolute atomic E-state index is 2.46. The lowest BCUT2D eigenvalue weighted by molar-refractivity contribution is -0.0988. The highest BCUT2D eigenvalue weighted by molar-refractivity contribution is 5.01. The van der Waals surface area contributed by atoms with Crippen molar-refractivity contribution in [1.82, 2.24) is 0 Å². The number of hydrogen-bond acceptors (Lipinski definition) is 0. The Bertz CT molecular complexity index is 144. The van der Waals surface area contributed by atoms with Crippen molar-refractivity contribution in [2.75, 3.05) is 0 Å². The van der Waals surface area contributed by atoms with Gasteiger partial charge in [0.1, 0.15) is 0 Å². The minimum absolute atomic E-state index is 0.706. The minimum Gasteiger partial charge on any atom is -0.0622 e. The van der Waals surface area contributed by atoms with Crippen LogP contribution in [0.25, 0.3) is 0 Å². The van der Waals surface area contributed by atoms with Gasteiger partial charge < -0.3 is 0 Å². The number of fused-ring (bicyclic) bond motifs is 2. The summed E-state index contributed by atoms with van der Waals surface area (Å²) in [5.41, 5.74) is 0.706. The Balaban J connectivity index is 2.16. The van der Waals surface area contributed by atoms with E-state index >= 15 is 0 Å². The van der Waals surface area contributed by atoms with Gasteiger partial charge in [-0.25, -0.2) is 0 Å². The van der Waals surface area contributed by atoms with E-state index in [1.807, 2.05) is 0 Å². The normalized spacial score (nSPS) is 50.1. The lowest BCUT2D eigenvalue weighted by Gasteiger charge is -2.59. The lowest BCUT2D eigenvalue weighted by Crippen LogP contribution is -2.51. The Hall–Kier alpha value is 0. The van der Waals surface area contributed by atoms with Gasteiger partial charge in [0.05, 0.1) is 0 Å². The minimum atomic E-state index is 0.706. The van der Waals surface area contributed by atoms with Crippen LogP contribution in [0.1, 0.15) is 40.0 Å². The third-order valence-electron chi connectivity index (χ3n) is 4.20. The molecule has 0 aromatic heterocycles. The summed E-state index contributed by atoms with van der Waals surface area (Å²) in [6.07, 6.45) is 4.54. The largest absolute Gasteiger partial charge is 0.0622 e. The second-order valence-corrected chi connectivity index (χ2v) is 4.92. The van der Waals surface area contributed by atoms with Crippen molar-refractivity contribution in [3.05, 3.63) is 0 Å². The van der Waals surface area contributed by atoms with Crippen LogP contribution in [0.5, 0.6) is 0 Å². The second kappa shape index (κ2) is 1.78. The summed E-state index contributed by atoms with van der Waals surface area (Å²) >= 11 is 0. The summed E-state index contributed by atoms with van der Waals surface area (Å²) in [6.45, 7) is 7.35. The zero-order valence-electron chi connectivity index (χ0n) is 7.35. The predicted octanol–water partition coefficient (Wildman–Crippen LogP) is 3.08. The first-order chi connectivity index (χ1) is 4.62. The van der Waals surface area contributed by atoms with Crippen molar-refractivity contribution in [2.24, 2.45) is 23.2 Å². The van der Waals surface area contributed by atoms with Gasteiger partial charge in [0.2, 0.25) is 0 Å². The molecule has 0 spiro atoms. The SMILES string of the molecule is C[C@H]1CCC2CC1C2(C)C. The van der Waals surface area contributed by atoms with Crippen molar-refractivity contribution >= 4 is 0 Å². The quantitative estimate of drug-likeness (QED) is 0.482. The molecular formula is C10H18. The molecule has 0 saturated heterocycles. The molecule has 2 bridgehead atoms. The van der Waals surface area contributed by atoms with E-state index < -0.39 is 0 Å². The molecule has 3 aliphatic rings. The molecular weight excluding hydrogens is 120 g/mol. The van der Waals surface area contributed by atoms with E-state index in [1.165, 1.54) is 19.3 Å². The van der Waals surface area contributed by atoms with Crippen LogP contribution in [0.15, 0.2) is 0 Å². The van der Waals surface area contributed by atoms with E-state index in [9.17, 15) is 0 Å². The van der Waals surface area contributed by atoms with Gasteiger partial charge in [-0.05, 0) is 36.0 Å². The monoisotopic (exact) mass is 138 g/mol.